The van der Waals surface area contributed by atoms with E-state index in [-0.39, 0.29) is 5.41 Å². The molecular formula is C18H29NO. The second kappa shape index (κ2) is 6.73. The summed E-state index contributed by atoms with van der Waals surface area (Å²) in [4.78, 5) is 0. The van der Waals surface area contributed by atoms with Gasteiger partial charge in [0.15, 0.2) is 0 Å². The van der Waals surface area contributed by atoms with Crippen LogP contribution >= 0.6 is 0 Å². The van der Waals surface area contributed by atoms with E-state index >= 15 is 0 Å². The van der Waals surface area contributed by atoms with Gasteiger partial charge in [-0.25, -0.2) is 0 Å². The van der Waals surface area contributed by atoms with Gasteiger partial charge in [-0.15, -0.1) is 0 Å². The van der Waals surface area contributed by atoms with E-state index in [1.54, 1.807) is 0 Å². The van der Waals surface area contributed by atoms with Crippen molar-refractivity contribution in [3.63, 3.8) is 0 Å². The van der Waals surface area contributed by atoms with E-state index in [9.17, 15) is 0 Å². The Balaban J connectivity index is 2.18. The predicted octanol–water partition coefficient (Wildman–Crippen LogP) is 3.64. The van der Waals surface area contributed by atoms with Gasteiger partial charge in [0.05, 0.1) is 6.61 Å². The van der Waals surface area contributed by atoms with Crippen molar-refractivity contribution in [3.05, 3.63) is 34.9 Å². The minimum atomic E-state index is 0.263. The molecule has 1 aromatic rings. The van der Waals surface area contributed by atoms with Gasteiger partial charge >= 0.3 is 0 Å². The first-order valence-corrected chi connectivity index (χ1v) is 7.89. The monoisotopic (exact) mass is 275 g/mol. The van der Waals surface area contributed by atoms with Crippen LogP contribution in [-0.2, 0) is 11.2 Å². The predicted molar refractivity (Wildman–Crippen MR) is 85.2 cm³/mol. The fraction of sp³-hybridized carbons (Fsp3) is 0.667. The van der Waals surface area contributed by atoms with Gasteiger partial charge in [-0.3, -0.25) is 0 Å². The Hall–Kier alpha value is -0.860. The van der Waals surface area contributed by atoms with E-state index in [4.69, 9.17) is 4.74 Å². The van der Waals surface area contributed by atoms with Gasteiger partial charge in [0, 0.05) is 24.6 Å². The molecule has 0 amide bonds. The lowest BCUT2D eigenvalue weighted by Crippen LogP contribution is -2.44. The van der Waals surface area contributed by atoms with Crippen LogP contribution in [0.15, 0.2) is 18.2 Å². The molecule has 1 heterocycles. The lowest BCUT2D eigenvalue weighted by molar-refractivity contribution is -0.00815. The Labute approximate surface area is 123 Å². The summed E-state index contributed by atoms with van der Waals surface area (Å²) in [7, 11) is 0. The number of hydrogen-bond donors (Lipinski definition) is 1. The maximum Gasteiger partial charge on any atom is 0.0537 e. The van der Waals surface area contributed by atoms with Crippen molar-refractivity contribution in [2.45, 2.75) is 53.0 Å². The summed E-state index contributed by atoms with van der Waals surface area (Å²) < 4.78 is 5.83. The Kier molecular flexibility index (Phi) is 5.22. The number of ether oxygens (including phenoxy) is 1. The van der Waals surface area contributed by atoms with Crippen molar-refractivity contribution >= 4 is 0 Å². The topological polar surface area (TPSA) is 21.3 Å². The molecule has 0 spiro atoms. The van der Waals surface area contributed by atoms with Crippen LogP contribution in [0.1, 0.15) is 43.4 Å². The third-order valence-corrected chi connectivity index (χ3v) is 4.49. The van der Waals surface area contributed by atoms with Crippen LogP contribution in [0, 0.1) is 19.3 Å². The molecule has 2 rings (SSSR count). The number of nitrogens with one attached hydrogen (secondary N) is 1. The van der Waals surface area contributed by atoms with Gasteiger partial charge in [-0.1, -0.05) is 32.0 Å². The molecule has 1 fully saturated rings. The van der Waals surface area contributed by atoms with Crippen LogP contribution in [0.25, 0.3) is 0 Å². The molecule has 1 atom stereocenters. The summed E-state index contributed by atoms with van der Waals surface area (Å²) in [5, 5.41) is 3.64. The van der Waals surface area contributed by atoms with Crippen LogP contribution in [0.3, 0.4) is 0 Å². The summed E-state index contributed by atoms with van der Waals surface area (Å²) in [5.74, 6) is 0. The van der Waals surface area contributed by atoms with E-state index < -0.39 is 0 Å². The quantitative estimate of drug-likeness (QED) is 0.886. The van der Waals surface area contributed by atoms with Crippen LogP contribution < -0.4 is 5.32 Å². The van der Waals surface area contributed by atoms with Gasteiger partial charge in [-0.2, -0.15) is 0 Å². The molecule has 112 valence electrons. The first kappa shape index (κ1) is 15.5. The number of rotatable bonds is 5. The highest BCUT2D eigenvalue weighted by Gasteiger charge is 2.33. The van der Waals surface area contributed by atoms with Crippen molar-refractivity contribution < 1.29 is 4.74 Å². The van der Waals surface area contributed by atoms with E-state index in [2.05, 4.69) is 51.2 Å². The summed E-state index contributed by atoms with van der Waals surface area (Å²) in [6.45, 7) is 11.8. The molecule has 20 heavy (non-hydrogen) atoms. The fourth-order valence-electron chi connectivity index (χ4n) is 3.17. The molecular weight excluding hydrogens is 246 g/mol. The largest absolute Gasteiger partial charge is 0.381 e. The number of benzene rings is 1. The molecule has 1 aliphatic rings. The third kappa shape index (κ3) is 3.83. The van der Waals surface area contributed by atoms with E-state index in [1.807, 2.05) is 0 Å². The summed E-state index contributed by atoms with van der Waals surface area (Å²) >= 11 is 0. The molecule has 0 bridgehead atoms. The van der Waals surface area contributed by atoms with Crippen molar-refractivity contribution in [1.29, 1.82) is 0 Å². The average molecular weight is 275 g/mol. The van der Waals surface area contributed by atoms with Gasteiger partial charge in [0.25, 0.3) is 0 Å². The molecule has 0 aliphatic carbocycles. The van der Waals surface area contributed by atoms with Gasteiger partial charge in [-0.05, 0) is 49.8 Å². The summed E-state index contributed by atoms with van der Waals surface area (Å²) in [5.41, 5.74) is 4.61. The Morgan fingerprint density at radius 3 is 2.50 bits per heavy atom. The average Bonchev–Trinajstić information content (AvgIpc) is 2.42. The Morgan fingerprint density at radius 1 is 1.25 bits per heavy atom. The highest BCUT2D eigenvalue weighted by molar-refractivity contribution is 5.34. The maximum absolute atomic E-state index is 5.83. The van der Waals surface area contributed by atoms with Crippen molar-refractivity contribution in [2.24, 2.45) is 5.41 Å². The first-order valence-electron chi connectivity index (χ1n) is 7.89. The standard InChI is InChI=1S/C18H29NO/c1-14(2)19-12-18(9-6-10-20-13-18)11-17-15(3)7-5-8-16(17)4/h5,7-8,14,19H,6,9-13H2,1-4H3. The van der Waals surface area contributed by atoms with E-state index in [1.165, 1.54) is 29.5 Å². The van der Waals surface area contributed by atoms with Crippen molar-refractivity contribution in [3.8, 4) is 0 Å². The summed E-state index contributed by atoms with van der Waals surface area (Å²) in [6, 6.07) is 7.15. The molecule has 2 heteroatoms. The summed E-state index contributed by atoms with van der Waals surface area (Å²) in [6.07, 6.45) is 3.58. The molecule has 0 aromatic heterocycles. The van der Waals surface area contributed by atoms with Crippen LogP contribution in [0.4, 0.5) is 0 Å². The Morgan fingerprint density at radius 2 is 1.95 bits per heavy atom. The molecule has 0 saturated carbocycles. The zero-order valence-corrected chi connectivity index (χ0v) is 13.5. The molecule has 0 radical (unpaired) electrons. The van der Waals surface area contributed by atoms with Gasteiger partial charge < -0.3 is 10.1 Å². The fourth-order valence-corrected chi connectivity index (χ4v) is 3.17. The van der Waals surface area contributed by atoms with Crippen LogP contribution in [-0.4, -0.2) is 25.8 Å². The normalized spacial score (nSPS) is 23.2. The minimum absolute atomic E-state index is 0.263. The van der Waals surface area contributed by atoms with Gasteiger partial charge in [0.1, 0.15) is 0 Å². The second-order valence-electron chi connectivity index (χ2n) is 6.74. The van der Waals surface area contributed by atoms with Crippen LogP contribution in [0.2, 0.25) is 0 Å². The smallest absolute Gasteiger partial charge is 0.0537 e. The molecule has 2 nitrogen and oxygen atoms in total. The molecule has 1 saturated heterocycles. The SMILES string of the molecule is Cc1cccc(C)c1CC1(CNC(C)C)CCCOC1. The van der Waals surface area contributed by atoms with Gasteiger partial charge in [0.2, 0.25) is 0 Å². The van der Waals surface area contributed by atoms with Crippen molar-refractivity contribution in [1.82, 2.24) is 5.32 Å². The zero-order chi connectivity index (χ0) is 14.6. The third-order valence-electron chi connectivity index (χ3n) is 4.49. The van der Waals surface area contributed by atoms with Crippen molar-refractivity contribution in [2.75, 3.05) is 19.8 Å². The molecule has 1 N–H and O–H groups in total. The molecule has 1 unspecified atom stereocenters. The first-order chi connectivity index (χ1) is 9.52. The lowest BCUT2D eigenvalue weighted by Gasteiger charge is -2.39. The van der Waals surface area contributed by atoms with E-state index in [0.717, 1.165) is 26.2 Å². The Bertz CT molecular complexity index is 413. The lowest BCUT2D eigenvalue weighted by atomic mass is 9.75. The minimum Gasteiger partial charge on any atom is -0.381 e. The molecule has 1 aromatic carbocycles. The highest BCUT2D eigenvalue weighted by atomic mass is 16.5. The highest BCUT2D eigenvalue weighted by Crippen LogP contribution is 2.34. The second-order valence-corrected chi connectivity index (χ2v) is 6.74. The number of aryl methyl sites for hydroxylation is 2. The zero-order valence-electron chi connectivity index (χ0n) is 13.5. The van der Waals surface area contributed by atoms with Crippen LogP contribution in [0.5, 0.6) is 0 Å². The maximum atomic E-state index is 5.83. The molecule has 1 aliphatic heterocycles. The van der Waals surface area contributed by atoms with E-state index in [0.29, 0.717) is 6.04 Å². The number of hydrogen-bond acceptors (Lipinski definition) is 2.